The second-order valence-electron chi connectivity index (χ2n) is 5.11. The third-order valence-corrected chi connectivity index (χ3v) is 3.51. The second-order valence-corrected chi connectivity index (χ2v) is 5.11. The molecule has 6 nitrogen and oxygen atoms in total. The van der Waals surface area contributed by atoms with Gasteiger partial charge in [0.05, 0.1) is 24.5 Å². The van der Waals surface area contributed by atoms with Crippen molar-refractivity contribution < 1.29 is 4.52 Å². The van der Waals surface area contributed by atoms with Gasteiger partial charge < -0.3 is 15.2 Å². The molecule has 0 aliphatic carbocycles. The van der Waals surface area contributed by atoms with E-state index in [2.05, 4.69) is 39.6 Å². The molecule has 132 valence electrons. The summed E-state index contributed by atoms with van der Waals surface area (Å²) < 4.78 is 5.39. The predicted octanol–water partition coefficient (Wildman–Crippen LogP) is 3.07. The fourth-order valence-corrected chi connectivity index (χ4v) is 2.29. The lowest BCUT2D eigenvalue weighted by molar-refractivity contribution is 0.380. The van der Waals surface area contributed by atoms with Gasteiger partial charge in [0.15, 0.2) is 5.96 Å². The zero-order chi connectivity index (χ0) is 16.5. The molecule has 0 atom stereocenters. The van der Waals surface area contributed by atoms with Crippen LogP contribution in [0.15, 0.2) is 33.9 Å². The van der Waals surface area contributed by atoms with Crippen molar-refractivity contribution >= 4 is 29.9 Å². The number of halogens is 1. The highest BCUT2D eigenvalue weighted by molar-refractivity contribution is 14.0. The van der Waals surface area contributed by atoms with Gasteiger partial charge in [-0.15, -0.1) is 24.0 Å². The third-order valence-electron chi connectivity index (χ3n) is 3.51. The van der Waals surface area contributed by atoms with E-state index in [1.54, 1.807) is 6.20 Å². The van der Waals surface area contributed by atoms with Gasteiger partial charge in [-0.05, 0) is 25.5 Å². The molecule has 2 rings (SSSR count). The van der Waals surface area contributed by atoms with Crippen LogP contribution in [0.5, 0.6) is 0 Å². The molecule has 0 aliphatic rings. The lowest BCUT2D eigenvalue weighted by Crippen LogP contribution is -2.37. The number of rotatable bonds is 7. The summed E-state index contributed by atoms with van der Waals surface area (Å²) in [6.45, 7) is 8.20. The molecule has 0 fully saturated rings. The fourth-order valence-electron chi connectivity index (χ4n) is 2.29. The number of aliphatic imine (C=N–C) groups is 1. The van der Waals surface area contributed by atoms with Crippen LogP contribution in [0.2, 0.25) is 0 Å². The van der Waals surface area contributed by atoms with E-state index in [0.29, 0.717) is 13.1 Å². The first-order valence-electron chi connectivity index (χ1n) is 8.16. The molecule has 0 aromatic carbocycles. The van der Waals surface area contributed by atoms with Gasteiger partial charge in [0.2, 0.25) is 0 Å². The summed E-state index contributed by atoms with van der Waals surface area (Å²) in [5.74, 6) is 1.69. The maximum atomic E-state index is 5.39. The van der Waals surface area contributed by atoms with E-state index in [4.69, 9.17) is 4.52 Å². The molecule has 0 unspecified atom stereocenters. The standard InChI is InChI=1S/C17H25N5O.HI/c1-4-15-14(16(5-2)23-22-15)12-21-17(18-6-3)20-11-13-9-7-8-10-19-13;/h7-10H,4-6,11-12H2,1-3H3,(H2,18,20,21);1H. The summed E-state index contributed by atoms with van der Waals surface area (Å²) in [7, 11) is 0. The van der Waals surface area contributed by atoms with Gasteiger partial charge in [-0.25, -0.2) is 4.99 Å². The molecule has 2 heterocycles. The molecule has 7 heteroatoms. The highest BCUT2D eigenvalue weighted by Crippen LogP contribution is 2.16. The number of nitrogens with one attached hydrogen (secondary N) is 2. The molecule has 2 aromatic heterocycles. The zero-order valence-corrected chi connectivity index (χ0v) is 16.8. The number of nitrogens with zero attached hydrogens (tertiary/aromatic N) is 3. The second kappa shape index (κ2) is 11.0. The average molecular weight is 443 g/mol. The number of hydrogen-bond acceptors (Lipinski definition) is 4. The quantitative estimate of drug-likeness (QED) is 0.391. The van der Waals surface area contributed by atoms with Crippen LogP contribution in [0.25, 0.3) is 0 Å². The number of aromatic nitrogens is 2. The number of guanidine groups is 1. The SMILES string of the molecule is CCNC(=NCc1c(CC)noc1CC)NCc1ccccn1.I. The van der Waals surface area contributed by atoms with E-state index in [-0.39, 0.29) is 24.0 Å². The van der Waals surface area contributed by atoms with E-state index < -0.39 is 0 Å². The van der Waals surface area contributed by atoms with Crippen LogP contribution in [0.3, 0.4) is 0 Å². The molecule has 24 heavy (non-hydrogen) atoms. The van der Waals surface area contributed by atoms with Crippen LogP contribution in [0, 0.1) is 0 Å². The van der Waals surface area contributed by atoms with Crippen LogP contribution < -0.4 is 10.6 Å². The molecule has 0 radical (unpaired) electrons. The Bertz CT molecular complexity index is 606. The molecule has 0 saturated heterocycles. The van der Waals surface area contributed by atoms with Gasteiger partial charge in [-0.1, -0.05) is 25.1 Å². The molecular weight excluding hydrogens is 417 g/mol. The van der Waals surface area contributed by atoms with Crippen molar-refractivity contribution in [1.82, 2.24) is 20.8 Å². The molecule has 0 spiro atoms. The van der Waals surface area contributed by atoms with Gasteiger partial charge >= 0.3 is 0 Å². The van der Waals surface area contributed by atoms with Crippen molar-refractivity contribution in [2.24, 2.45) is 4.99 Å². The minimum absolute atomic E-state index is 0. The Morgan fingerprint density at radius 2 is 2.00 bits per heavy atom. The molecule has 0 aliphatic heterocycles. The van der Waals surface area contributed by atoms with Gasteiger partial charge in [-0.2, -0.15) is 0 Å². The summed E-state index contributed by atoms with van der Waals surface area (Å²) in [4.78, 5) is 8.96. The number of hydrogen-bond donors (Lipinski definition) is 2. The zero-order valence-electron chi connectivity index (χ0n) is 14.5. The molecule has 2 N–H and O–H groups in total. The van der Waals surface area contributed by atoms with Crippen molar-refractivity contribution in [3.05, 3.63) is 47.1 Å². The summed E-state index contributed by atoms with van der Waals surface area (Å²) >= 11 is 0. The number of pyridine rings is 1. The van der Waals surface area contributed by atoms with Crippen LogP contribution >= 0.6 is 24.0 Å². The Kier molecular flexibility index (Phi) is 9.36. The Balaban J connectivity index is 0.00000288. The van der Waals surface area contributed by atoms with Crippen LogP contribution in [-0.2, 0) is 25.9 Å². The molecule has 0 saturated carbocycles. The van der Waals surface area contributed by atoms with E-state index >= 15 is 0 Å². The first-order valence-corrected chi connectivity index (χ1v) is 8.16. The van der Waals surface area contributed by atoms with E-state index in [1.807, 2.05) is 25.1 Å². The van der Waals surface area contributed by atoms with Gasteiger partial charge in [0, 0.05) is 24.7 Å². The Morgan fingerprint density at radius 3 is 2.62 bits per heavy atom. The van der Waals surface area contributed by atoms with Gasteiger partial charge in [0.1, 0.15) is 5.76 Å². The highest BCUT2D eigenvalue weighted by atomic mass is 127. The summed E-state index contributed by atoms with van der Waals surface area (Å²) in [6, 6.07) is 5.88. The first kappa shape index (κ1) is 20.4. The van der Waals surface area contributed by atoms with Crippen LogP contribution in [0.1, 0.15) is 43.5 Å². The van der Waals surface area contributed by atoms with Crippen molar-refractivity contribution in [2.75, 3.05) is 6.54 Å². The van der Waals surface area contributed by atoms with Crippen molar-refractivity contribution in [1.29, 1.82) is 0 Å². The van der Waals surface area contributed by atoms with Gasteiger partial charge in [0.25, 0.3) is 0 Å². The van der Waals surface area contributed by atoms with Crippen LogP contribution in [-0.4, -0.2) is 22.6 Å². The summed E-state index contributed by atoms with van der Waals surface area (Å²) in [6.07, 6.45) is 3.47. The summed E-state index contributed by atoms with van der Waals surface area (Å²) in [5, 5.41) is 10.7. The fraction of sp³-hybridized carbons (Fsp3) is 0.471. The Labute approximate surface area is 160 Å². The third kappa shape index (κ3) is 5.77. The molecule has 0 amide bonds. The monoisotopic (exact) mass is 443 g/mol. The largest absolute Gasteiger partial charge is 0.361 e. The average Bonchev–Trinajstić information content (AvgIpc) is 3.00. The Hall–Kier alpha value is -1.64. The highest BCUT2D eigenvalue weighted by Gasteiger charge is 2.13. The predicted molar refractivity (Wildman–Crippen MR) is 107 cm³/mol. The van der Waals surface area contributed by atoms with E-state index in [1.165, 1.54) is 0 Å². The van der Waals surface area contributed by atoms with Crippen molar-refractivity contribution in [3.63, 3.8) is 0 Å². The lowest BCUT2D eigenvalue weighted by atomic mass is 10.1. The van der Waals surface area contributed by atoms with E-state index in [0.717, 1.165) is 48.1 Å². The molecule has 0 bridgehead atoms. The van der Waals surface area contributed by atoms with E-state index in [9.17, 15) is 0 Å². The summed E-state index contributed by atoms with van der Waals surface area (Å²) in [5.41, 5.74) is 3.07. The van der Waals surface area contributed by atoms with Gasteiger partial charge in [-0.3, -0.25) is 4.98 Å². The van der Waals surface area contributed by atoms with Crippen LogP contribution in [0.4, 0.5) is 0 Å². The lowest BCUT2D eigenvalue weighted by Gasteiger charge is -2.11. The molecular formula is C17H26IN5O. The number of aryl methyl sites for hydroxylation is 2. The minimum Gasteiger partial charge on any atom is -0.361 e. The first-order chi connectivity index (χ1) is 11.3. The topological polar surface area (TPSA) is 75.3 Å². The Morgan fingerprint density at radius 1 is 1.17 bits per heavy atom. The maximum Gasteiger partial charge on any atom is 0.191 e. The molecule has 2 aromatic rings. The maximum absolute atomic E-state index is 5.39. The minimum atomic E-state index is 0. The van der Waals surface area contributed by atoms with Crippen molar-refractivity contribution in [2.45, 2.75) is 46.7 Å². The smallest absolute Gasteiger partial charge is 0.191 e. The normalized spacial score (nSPS) is 11.0. The van der Waals surface area contributed by atoms with Crippen molar-refractivity contribution in [3.8, 4) is 0 Å².